The van der Waals surface area contributed by atoms with E-state index in [4.69, 9.17) is 0 Å². The van der Waals surface area contributed by atoms with Gasteiger partial charge in [-0.2, -0.15) is 0 Å². The molecule has 1 aliphatic rings. The third-order valence-electron chi connectivity index (χ3n) is 5.52. The van der Waals surface area contributed by atoms with Crippen LogP contribution in [-0.4, -0.2) is 19.0 Å². The van der Waals surface area contributed by atoms with Crippen LogP contribution in [0.25, 0.3) is 0 Å². The molecule has 1 atom stereocenters. The molecule has 0 spiro atoms. The molecule has 1 fully saturated rings. The first-order valence-electron chi connectivity index (χ1n) is 9.63. The number of piperidine rings is 1. The molecule has 2 aromatic rings. The molecule has 138 valence electrons. The third-order valence-corrected chi connectivity index (χ3v) is 5.52. The Kier molecular flexibility index (Phi) is 5.65. The monoisotopic (exact) mass is 350 g/mol. The highest BCUT2D eigenvalue weighted by molar-refractivity contribution is 5.79. The fourth-order valence-electron chi connectivity index (χ4n) is 3.88. The molecular formula is C23H30N2O. The quantitative estimate of drug-likeness (QED) is 0.866. The van der Waals surface area contributed by atoms with Crippen LogP contribution in [0.3, 0.4) is 0 Å². The minimum Gasteiger partial charge on any atom is -0.371 e. The van der Waals surface area contributed by atoms with Gasteiger partial charge in [0.1, 0.15) is 0 Å². The largest absolute Gasteiger partial charge is 0.371 e. The highest BCUT2D eigenvalue weighted by atomic mass is 16.1. The maximum atomic E-state index is 12.7. The van der Waals surface area contributed by atoms with Crippen molar-refractivity contribution in [3.63, 3.8) is 0 Å². The standard InChI is InChI=1S/C23H30N2O/c1-16-5-8-21(9-6-16)25-13-11-20(12-14-25)23(26)24-19(4)22-10-7-17(2)15-18(22)3/h5-10,15,19-20H,11-14H2,1-4H3,(H,24,26)/t19-/m0/s1. The molecule has 0 radical (unpaired) electrons. The van der Waals surface area contributed by atoms with Crippen LogP contribution in [0.15, 0.2) is 42.5 Å². The molecule has 0 aliphatic carbocycles. The first-order chi connectivity index (χ1) is 12.4. The van der Waals surface area contributed by atoms with Crippen molar-refractivity contribution in [3.8, 4) is 0 Å². The predicted octanol–water partition coefficient (Wildman–Crippen LogP) is 4.71. The fourth-order valence-corrected chi connectivity index (χ4v) is 3.88. The van der Waals surface area contributed by atoms with E-state index in [9.17, 15) is 4.79 Å². The van der Waals surface area contributed by atoms with Gasteiger partial charge in [-0.25, -0.2) is 0 Å². The Bertz CT molecular complexity index is 758. The van der Waals surface area contributed by atoms with Crippen LogP contribution in [0.1, 0.15) is 48.1 Å². The highest BCUT2D eigenvalue weighted by Crippen LogP contribution is 2.25. The zero-order valence-corrected chi connectivity index (χ0v) is 16.4. The number of benzene rings is 2. The number of rotatable bonds is 4. The van der Waals surface area contributed by atoms with Gasteiger partial charge in [-0.15, -0.1) is 0 Å². The van der Waals surface area contributed by atoms with E-state index in [1.54, 1.807) is 0 Å². The molecule has 0 aromatic heterocycles. The number of aryl methyl sites for hydroxylation is 3. The zero-order chi connectivity index (χ0) is 18.7. The molecule has 1 aliphatic heterocycles. The molecular weight excluding hydrogens is 320 g/mol. The van der Waals surface area contributed by atoms with Gasteiger partial charge < -0.3 is 10.2 Å². The minimum atomic E-state index is 0.0539. The van der Waals surface area contributed by atoms with E-state index in [-0.39, 0.29) is 17.9 Å². The van der Waals surface area contributed by atoms with Crippen molar-refractivity contribution >= 4 is 11.6 Å². The Labute approximate surface area is 157 Å². The highest BCUT2D eigenvalue weighted by Gasteiger charge is 2.26. The predicted molar refractivity (Wildman–Crippen MR) is 109 cm³/mol. The second kappa shape index (κ2) is 7.94. The Morgan fingerprint density at radius 2 is 1.62 bits per heavy atom. The Hall–Kier alpha value is -2.29. The van der Waals surface area contributed by atoms with Crippen molar-refractivity contribution < 1.29 is 4.79 Å². The van der Waals surface area contributed by atoms with Gasteiger partial charge in [0.05, 0.1) is 6.04 Å². The van der Waals surface area contributed by atoms with Crippen LogP contribution in [0.5, 0.6) is 0 Å². The van der Waals surface area contributed by atoms with Gasteiger partial charge in [0, 0.05) is 24.7 Å². The van der Waals surface area contributed by atoms with E-state index >= 15 is 0 Å². The summed E-state index contributed by atoms with van der Waals surface area (Å²) in [5.74, 6) is 0.311. The second-order valence-corrected chi connectivity index (χ2v) is 7.69. The Morgan fingerprint density at radius 3 is 2.23 bits per heavy atom. The SMILES string of the molecule is Cc1ccc(N2CCC(C(=O)N[C@@H](C)c3ccc(C)cc3C)CC2)cc1. The van der Waals surface area contributed by atoms with E-state index in [1.165, 1.54) is 27.9 Å². The molecule has 0 bridgehead atoms. The molecule has 26 heavy (non-hydrogen) atoms. The first-order valence-corrected chi connectivity index (χ1v) is 9.63. The van der Waals surface area contributed by atoms with E-state index in [1.807, 2.05) is 0 Å². The van der Waals surface area contributed by atoms with Crippen LogP contribution in [0.2, 0.25) is 0 Å². The molecule has 1 N–H and O–H groups in total. The summed E-state index contributed by atoms with van der Waals surface area (Å²) in [6.07, 6.45) is 1.83. The minimum absolute atomic E-state index is 0.0539. The van der Waals surface area contributed by atoms with Gasteiger partial charge >= 0.3 is 0 Å². The van der Waals surface area contributed by atoms with E-state index in [0.717, 1.165) is 25.9 Å². The Morgan fingerprint density at radius 1 is 1.00 bits per heavy atom. The van der Waals surface area contributed by atoms with Crippen molar-refractivity contribution in [2.24, 2.45) is 5.92 Å². The van der Waals surface area contributed by atoms with Crippen molar-refractivity contribution in [1.29, 1.82) is 0 Å². The Balaban J connectivity index is 1.55. The van der Waals surface area contributed by atoms with Gasteiger partial charge in [0.2, 0.25) is 5.91 Å². The summed E-state index contributed by atoms with van der Waals surface area (Å²) < 4.78 is 0. The smallest absolute Gasteiger partial charge is 0.223 e. The van der Waals surface area contributed by atoms with Crippen LogP contribution in [0, 0.1) is 26.7 Å². The summed E-state index contributed by atoms with van der Waals surface area (Å²) in [6, 6.07) is 15.1. The number of nitrogens with one attached hydrogen (secondary N) is 1. The number of amides is 1. The number of carbonyl (C=O) groups is 1. The molecule has 1 heterocycles. The lowest BCUT2D eigenvalue weighted by Crippen LogP contribution is -2.41. The summed E-state index contributed by atoms with van der Waals surface area (Å²) in [6.45, 7) is 10.3. The third kappa shape index (κ3) is 4.27. The number of carbonyl (C=O) groups excluding carboxylic acids is 1. The molecule has 1 saturated heterocycles. The van der Waals surface area contributed by atoms with Crippen molar-refractivity contribution in [2.45, 2.75) is 46.6 Å². The first kappa shape index (κ1) is 18.5. The summed E-state index contributed by atoms with van der Waals surface area (Å²) in [5.41, 5.74) is 6.25. The topological polar surface area (TPSA) is 32.3 Å². The molecule has 3 rings (SSSR count). The van der Waals surface area contributed by atoms with E-state index in [0.29, 0.717) is 0 Å². The van der Waals surface area contributed by atoms with Gasteiger partial charge in [0.15, 0.2) is 0 Å². The van der Waals surface area contributed by atoms with E-state index in [2.05, 4.69) is 80.4 Å². The van der Waals surface area contributed by atoms with Crippen LogP contribution in [0.4, 0.5) is 5.69 Å². The van der Waals surface area contributed by atoms with Crippen molar-refractivity contribution in [3.05, 3.63) is 64.7 Å². The maximum absolute atomic E-state index is 12.7. The second-order valence-electron chi connectivity index (χ2n) is 7.69. The maximum Gasteiger partial charge on any atom is 0.223 e. The summed E-state index contributed by atoms with van der Waals surface area (Å²) in [4.78, 5) is 15.1. The lowest BCUT2D eigenvalue weighted by Gasteiger charge is -2.33. The number of anilines is 1. The van der Waals surface area contributed by atoms with Gasteiger partial charge in [-0.3, -0.25) is 4.79 Å². The normalized spacial score (nSPS) is 16.4. The van der Waals surface area contributed by atoms with Gasteiger partial charge in [-0.05, 0) is 63.8 Å². The average molecular weight is 351 g/mol. The molecule has 0 saturated carbocycles. The molecule has 0 unspecified atom stereocenters. The summed E-state index contributed by atoms with van der Waals surface area (Å²) >= 11 is 0. The summed E-state index contributed by atoms with van der Waals surface area (Å²) in [7, 11) is 0. The van der Waals surface area contributed by atoms with Crippen LogP contribution < -0.4 is 10.2 Å². The number of nitrogens with zero attached hydrogens (tertiary/aromatic N) is 1. The average Bonchev–Trinajstić information content (AvgIpc) is 2.62. The van der Waals surface area contributed by atoms with Crippen LogP contribution in [-0.2, 0) is 4.79 Å². The fraction of sp³-hybridized carbons (Fsp3) is 0.435. The zero-order valence-electron chi connectivity index (χ0n) is 16.4. The number of hydrogen-bond acceptors (Lipinski definition) is 2. The lowest BCUT2D eigenvalue weighted by atomic mass is 9.94. The lowest BCUT2D eigenvalue weighted by molar-refractivity contribution is -0.126. The van der Waals surface area contributed by atoms with Gasteiger partial charge in [-0.1, -0.05) is 41.5 Å². The molecule has 3 heteroatoms. The molecule has 3 nitrogen and oxygen atoms in total. The summed E-state index contributed by atoms with van der Waals surface area (Å²) in [5, 5.41) is 3.23. The number of hydrogen-bond donors (Lipinski definition) is 1. The van der Waals surface area contributed by atoms with Crippen molar-refractivity contribution in [2.75, 3.05) is 18.0 Å². The molecule has 2 aromatic carbocycles. The van der Waals surface area contributed by atoms with Gasteiger partial charge in [0.25, 0.3) is 0 Å². The molecule has 1 amide bonds. The van der Waals surface area contributed by atoms with Crippen LogP contribution >= 0.6 is 0 Å². The van der Waals surface area contributed by atoms with E-state index < -0.39 is 0 Å². The van der Waals surface area contributed by atoms with Crippen molar-refractivity contribution in [1.82, 2.24) is 5.32 Å².